The van der Waals surface area contributed by atoms with Crippen molar-refractivity contribution in [2.24, 2.45) is 21.9 Å². The molecule has 1 amide bonds. The molecule has 2 fully saturated rings. The van der Waals surface area contributed by atoms with E-state index in [9.17, 15) is 22.8 Å². The van der Waals surface area contributed by atoms with Crippen molar-refractivity contribution in [1.29, 1.82) is 0 Å². The van der Waals surface area contributed by atoms with Gasteiger partial charge in [-0.05, 0) is 31.2 Å². The maximum absolute atomic E-state index is 13.2. The fraction of sp³-hybridized carbons (Fsp3) is 0.619. The fourth-order valence-corrected chi connectivity index (χ4v) is 5.06. The van der Waals surface area contributed by atoms with Gasteiger partial charge in [-0.2, -0.15) is 13.2 Å². The number of carbonyl (C=O) groups is 2. The first-order valence-electron chi connectivity index (χ1n) is 10.4. The van der Waals surface area contributed by atoms with Crippen LogP contribution in [0.3, 0.4) is 0 Å². The third-order valence-electron chi connectivity index (χ3n) is 6.76. The maximum atomic E-state index is 13.2. The minimum atomic E-state index is -4.58. The van der Waals surface area contributed by atoms with Gasteiger partial charge in [0.1, 0.15) is 0 Å². The Balaban J connectivity index is 0.00000289. The summed E-state index contributed by atoms with van der Waals surface area (Å²) < 4.78 is 44.3. The molecule has 2 N–H and O–H groups in total. The van der Waals surface area contributed by atoms with Crippen molar-refractivity contribution in [3.05, 3.63) is 35.4 Å². The molecule has 2 aliphatic heterocycles. The lowest BCUT2D eigenvalue weighted by molar-refractivity contribution is -0.166. The lowest BCUT2D eigenvalue weighted by atomic mass is 9.90. The van der Waals surface area contributed by atoms with E-state index in [1.807, 2.05) is 0 Å². The molecule has 0 radical (unpaired) electrons. The van der Waals surface area contributed by atoms with Crippen molar-refractivity contribution in [2.45, 2.75) is 61.9 Å². The topological polar surface area (TPSA) is 97.3 Å². The number of alkyl halides is 3. The third-order valence-corrected chi connectivity index (χ3v) is 6.76. The summed E-state index contributed by atoms with van der Waals surface area (Å²) in [6.45, 7) is 0.287. The molecule has 3 aliphatic rings. The van der Waals surface area contributed by atoms with Gasteiger partial charge in [-0.15, -0.1) is 22.6 Å². The summed E-state index contributed by atoms with van der Waals surface area (Å²) in [6, 6.07) is 4.83. The van der Waals surface area contributed by atoms with Crippen LogP contribution in [0.4, 0.5) is 13.2 Å². The molecule has 2 atom stereocenters. The molecule has 0 bridgehead atoms. The molecule has 1 saturated heterocycles. The Morgan fingerprint density at radius 3 is 2.31 bits per heavy atom. The van der Waals surface area contributed by atoms with E-state index in [2.05, 4.69) is 10.2 Å². The Labute approximate surface area is 190 Å². The van der Waals surface area contributed by atoms with E-state index >= 15 is 0 Å². The lowest BCUT2D eigenvalue weighted by Gasteiger charge is -2.36. The highest BCUT2D eigenvalue weighted by atomic mass is 35.5. The highest BCUT2D eigenvalue weighted by Crippen LogP contribution is 2.52. The highest BCUT2D eigenvalue weighted by molar-refractivity contribution is 5.85. The molecule has 32 heavy (non-hydrogen) atoms. The summed E-state index contributed by atoms with van der Waals surface area (Å²) in [5.74, 6) is -0.917. The molecule has 11 heteroatoms. The van der Waals surface area contributed by atoms with E-state index in [0.717, 1.165) is 25.7 Å². The molecule has 1 saturated carbocycles. The minimum Gasteiger partial charge on any atom is -0.469 e. The summed E-state index contributed by atoms with van der Waals surface area (Å²) in [7, 11) is 1.34. The zero-order chi connectivity index (χ0) is 22.4. The van der Waals surface area contributed by atoms with Crippen LogP contribution in [-0.2, 0) is 26.4 Å². The average molecular weight is 475 g/mol. The second-order valence-electron chi connectivity index (χ2n) is 8.68. The summed E-state index contributed by atoms with van der Waals surface area (Å²) in [5, 5.41) is 6.38. The van der Waals surface area contributed by atoms with Crippen LogP contribution in [0.15, 0.2) is 34.5 Å². The number of benzene rings is 1. The number of hydrogen-bond donors (Lipinski definition) is 1. The summed E-state index contributed by atoms with van der Waals surface area (Å²) >= 11 is 0. The van der Waals surface area contributed by atoms with Crippen molar-refractivity contribution in [1.82, 2.24) is 4.90 Å². The van der Waals surface area contributed by atoms with Crippen LogP contribution in [0.25, 0.3) is 0 Å². The quantitative estimate of drug-likeness (QED) is 0.660. The van der Waals surface area contributed by atoms with Gasteiger partial charge in [0.25, 0.3) is 0 Å². The molecular formula is C21H26ClF3N4O3. The first kappa shape index (κ1) is 24.4. The SMILES string of the molecule is COC(=O)C1CN(C(=O)C(N)Cc2ccc(C3(C(F)(F)F)N=N3)cc2)C2(CCCC2)C1.Cl. The van der Waals surface area contributed by atoms with Gasteiger partial charge in [0.2, 0.25) is 5.91 Å². The van der Waals surface area contributed by atoms with E-state index < -0.39 is 17.9 Å². The van der Waals surface area contributed by atoms with E-state index in [1.165, 1.54) is 31.4 Å². The molecule has 1 aliphatic carbocycles. The Kier molecular flexibility index (Phi) is 6.59. The van der Waals surface area contributed by atoms with Crippen LogP contribution in [0, 0.1) is 5.92 Å². The second kappa shape index (κ2) is 8.62. The normalized spacial score (nSPS) is 23.7. The van der Waals surface area contributed by atoms with E-state index in [4.69, 9.17) is 10.5 Å². The van der Waals surface area contributed by atoms with E-state index in [1.54, 1.807) is 4.90 Å². The highest BCUT2D eigenvalue weighted by Gasteiger charge is 2.65. The molecule has 2 unspecified atom stereocenters. The molecule has 1 aromatic carbocycles. The number of amides is 1. The zero-order valence-corrected chi connectivity index (χ0v) is 18.4. The third kappa shape index (κ3) is 4.10. The molecule has 0 aromatic heterocycles. The van der Waals surface area contributed by atoms with Crippen LogP contribution in [0.5, 0.6) is 0 Å². The number of methoxy groups -OCH3 is 1. The van der Waals surface area contributed by atoms with Gasteiger partial charge in [0.15, 0.2) is 0 Å². The number of nitrogens with zero attached hydrogens (tertiary/aromatic N) is 3. The molecule has 176 valence electrons. The monoisotopic (exact) mass is 474 g/mol. The molecule has 4 rings (SSSR count). The average Bonchev–Trinajstić information content (AvgIpc) is 3.31. The van der Waals surface area contributed by atoms with Crippen LogP contribution >= 0.6 is 12.4 Å². The van der Waals surface area contributed by atoms with Gasteiger partial charge in [0, 0.05) is 17.6 Å². The Hall–Kier alpha value is -2.20. The fourth-order valence-electron chi connectivity index (χ4n) is 5.06. The number of rotatable bonds is 5. The number of nitrogens with two attached hydrogens (primary N) is 1. The summed E-state index contributed by atoms with van der Waals surface area (Å²) in [4.78, 5) is 27.0. The van der Waals surface area contributed by atoms with Gasteiger partial charge in [-0.3, -0.25) is 9.59 Å². The molecule has 2 heterocycles. The largest absolute Gasteiger partial charge is 0.469 e. The Bertz CT molecular complexity index is 895. The molecule has 1 aromatic rings. The van der Waals surface area contributed by atoms with Crippen molar-refractivity contribution < 1.29 is 27.5 Å². The number of hydrogen-bond acceptors (Lipinski definition) is 6. The molecule has 1 spiro atoms. The smallest absolute Gasteiger partial charge is 0.442 e. The molecular weight excluding hydrogens is 449 g/mol. The van der Waals surface area contributed by atoms with Gasteiger partial charge in [-0.25, -0.2) is 0 Å². The van der Waals surface area contributed by atoms with Gasteiger partial charge in [-0.1, -0.05) is 37.1 Å². The number of halogens is 4. The minimum absolute atomic E-state index is 0. The van der Waals surface area contributed by atoms with Crippen molar-refractivity contribution >= 4 is 24.3 Å². The number of esters is 1. The standard InChI is InChI=1S/C21H25F3N4O3.ClH/c1-31-18(30)14-11-19(8-2-3-9-19)28(12-14)17(29)16(25)10-13-4-6-15(7-5-13)20(26-27-20)21(22,23)24;/h4-7,14,16H,2-3,8-12,25H2,1H3;1H. The first-order chi connectivity index (χ1) is 14.6. The van der Waals surface area contributed by atoms with Crippen LogP contribution in [-0.4, -0.2) is 48.2 Å². The van der Waals surface area contributed by atoms with Gasteiger partial charge >= 0.3 is 17.8 Å². The van der Waals surface area contributed by atoms with Crippen molar-refractivity contribution in [2.75, 3.05) is 13.7 Å². The first-order valence-corrected chi connectivity index (χ1v) is 10.4. The van der Waals surface area contributed by atoms with Crippen molar-refractivity contribution in [3.8, 4) is 0 Å². The number of carbonyl (C=O) groups excluding carboxylic acids is 2. The van der Waals surface area contributed by atoms with Gasteiger partial charge < -0.3 is 15.4 Å². The Morgan fingerprint density at radius 1 is 1.22 bits per heavy atom. The number of likely N-dealkylation sites (tertiary alicyclic amines) is 1. The zero-order valence-electron chi connectivity index (χ0n) is 17.6. The summed E-state index contributed by atoms with van der Waals surface area (Å²) in [6.07, 6.45) is -0.166. The maximum Gasteiger partial charge on any atom is 0.442 e. The van der Waals surface area contributed by atoms with Gasteiger partial charge in [0.05, 0.1) is 19.1 Å². The predicted octanol–water partition coefficient (Wildman–Crippen LogP) is 3.49. The summed E-state index contributed by atoms with van der Waals surface area (Å²) in [5.41, 5.74) is 3.98. The Morgan fingerprint density at radius 2 is 1.81 bits per heavy atom. The predicted molar refractivity (Wildman–Crippen MR) is 111 cm³/mol. The van der Waals surface area contributed by atoms with Crippen LogP contribution in [0.1, 0.15) is 43.2 Å². The van der Waals surface area contributed by atoms with Crippen LogP contribution < -0.4 is 5.73 Å². The lowest BCUT2D eigenvalue weighted by Crippen LogP contribution is -2.52. The van der Waals surface area contributed by atoms with Crippen LogP contribution in [0.2, 0.25) is 0 Å². The number of ether oxygens (including phenoxy) is 1. The van der Waals surface area contributed by atoms with E-state index in [-0.39, 0.29) is 54.3 Å². The van der Waals surface area contributed by atoms with Crippen molar-refractivity contribution in [3.63, 3.8) is 0 Å². The van der Waals surface area contributed by atoms with E-state index in [0.29, 0.717) is 12.0 Å². The molecule has 7 nitrogen and oxygen atoms in total. The second-order valence-corrected chi connectivity index (χ2v) is 8.68.